The van der Waals surface area contributed by atoms with Gasteiger partial charge in [0.15, 0.2) is 0 Å². The van der Waals surface area contributed by atoms with Crippen molar-refractivity contribution in [3.05, 3.63) is 54.1 Å². The first-order valence-corrected chi connectivity index (χ1v) is 10.2. The van der Waals surface area contributed by atoms with Gasteiger partial charge in [-0.2, -0.15) is 0 Å². The van der Waals surface area contributed by atoms with Crippen LogP contribution in [0.15, 0.2) is 48.5 Å². The normalized spacial score (nSPS) is 19.2. The third-order valence-corrected chi connectivity index (χ3v) is 5.62. The summed E-state index contributed by atoms with van der Waals surface area (Å²) in [7, 11) is 1.30. The number of carbonyl (C=O) groups excluding carboxylic acids is 3. The smallest absolute Gasteiger partial charge is 0.337 e. The highest BCUT2D eigenvalue weighted by Crippen LogP contribution is 2.27. The summed E-state index contributed by atoms with van der Waals surface area (Å²) in [4.78, 5) is 40.5. The van der Waals surface area contributed by atoms with E-state index in [2.05, 4.69) is 27.1 Å². The largest absolute Gasteiger partial charge is 0.465 e. The molecule has 4 rings (SSSR count). The molecule has 2 heterocycles. The molecule has 2 saturated heterocycles. The minimum atomic E-state index is -0.612. The summed E-state index contributed by atoms with van der Waals surface area (Å²) in [5.74, 6) is -1.03. The van der Waals surface area contributed by atoms with Gasteiger partial charge < -0.3 is 15.0 Å². The van der Waals surface area contributed by atoms with E-state index in [1.165, 1.54) is 37.0 Å². The lowest BCUT2D eigenvalue weighted by Gasteiger charge is -2.29. The number of imide groups is 1. The monoisotopic (exact) mass is 407 g/mol. The molecule has 0 aromatic heterocycles. The van der Waals surface area contributed by atoms with Crippen LogP contribution in [-0.2, 0) is 14.3 Å². The Labute approximate surface area is 175 Å². The average Bonchev–Trinajstić information content (AvgIpc) is 3.07. The minimum Gasteiger partial charge on any atom is -0.465 e. The van der Waals surface area contributed by atoms with Gasteiger partial charge in [0, 0.05) is 24.5 Å². The van der Waals surface area contributed by atoms with Crippen molar-refractivity contribution in [1.82, 2.24) is 0 Å². The first-order valence-electron chi connectivity index (χ1n) is 10.2. The maximum absolute atomic E-state index is 12.9. The van der Waals surface area contributed by atoms with Crippen LogP contribution in [0.3, 0.4) is 0 Å². The van der Waals surface area contributed by atoms with Gasteiger partial charge in [0.05, 0.1) is 24.8 Å². The van der Waals surface area contributed by atoms with Crippen molar-refractivity contribution >= 4 is 34.8 Å². The predicted molar refractivity (Wildman–Crippen MR) is 115 cm³/mol. The number of nitrogens with zero attached hydrogens (tertiary/aromatic N) is 2. The molecule has 30 heavy (non-hydrogen) atoms. The van der Waals surface area contributed by atoms with Crippen LogP contribution in [0.1, 0.15) is 36.0 Å². The quantitative estimate of drug-likeness (QED) is 0.606. The Morgan fingerprint density at radius 3 is 2.20 bits per heavy atom. The SMILES string of the molecule is COC(=O)c1ccc(N2C(=O)CC(Nc3ccc(N4CCCCC4)cc3)C2=O)cc1. The molecule has 0 aliphatic carbocycles. The molecule has 7 heteroatoms. The zero-order chi connectivity index (χ0) is 21.1. The predicted octanol–water partition coefficient (Wildman–Crippen LogP) is 3.21. The molecule has 2 amide bonds. The summed E-state index contributed by atoms with van der Waals surface area (Å²) in [6, 6.07) is 13.7. The highest BCUT2D eigenvalue weighted by Gasteiger charge is 2.39. The number of nitrogens with one attached hydrogen (secondary N) is 1. The maximum Gasteiger partial charge on any atom is 0.337 e. The Kier molecular flexibility index (Phi) is 5.70. The summed E-state index contributed by atoms with van der Waals surface area (Å²) >= 11 is 0. The fraction of sp³-hybridized carbons (Fsp3) is 0.348. The van der Waals surface area contributed by atoms with E-state index in [0.29, 0.717) is 11.3 Å². The first-order chi connectivity index (χ1) is 14.6. The van der Waals surface area contributed by atoms with Crippen LogP contribution in [0, 0.1) is 0 Å². The molecule has 1 atom stereocenters. The van der Waals surface area contributed by atoms with E-state index >= 15 is 0 Å². The fourth-order valence-electron chi connectivity index (χ4n) is 4.00. The molecule has 0 saturated carbocycles. The molecule has 0 radical (unpaired) electrons. The molecular formula is C23H25N3O4. The highest BCUT2D eigenvalue weighted by atomic mass is 16.5. The van der Waals surface area contributed by atoms with Crippen LogP contribution in [0.5, 0.6) is 0 Å². The topological polar surface area (TPSA) is 79.0 Å². The van der Waals surface area contributed by atoms with E-state index in [0.717, 1.165) is 18.8 Å². The number of hydrogen-bond acceptors (Lipinski definition) is 6. The van der Waals surface area contributed by atoms with Crippen molar-refractivity contribution < 1.29 is 19.1 Å². The van der Waals surface area contributed by atoms with Gasteiger partial charge in [0.2, 0.25) is 5.91 Å². The van der Waals surface area contributed by atoms with Crippen LogP contribution < -0.4 is 15.1 Å². The molecule has 156 valence electrons. The van der Waals surface area contributed by atoms with Crippen molar-refractivity contribution in [1.29, 1.82) is 0 Å². The van der Waals surface area contributed by atoms with Gasteiger partial charge in [0.25, 0.3) is 5.91 Å². The number of anilines is 3. The molecule has 2 aliphatic rings. The van der Waals surface area contributed by atoms with E-state index in [4.69, 9.17) is 0 Å². The van der Waals surface area contributed by atoms with E-state index < -0.39 is 12.0 Å². The summed E-state index contributed by atoms with van der Waals surface area (Å²) in [6.45, 7) is 2.15. The lowest BCUT2D eigenvalue weighted by atomic mass is 10.1. The van der Waals surface area contributed by atoms with E-state index in [9.17, 15) is 14.4 Å². The number of hydrogen-bond donors (Lipinski definition) is 1. The Bertz CT molecular complexity index is 934. The molecule has 0 spiro atoms. The van der Waals surface area contributed by atoms with Gasteiger partial charge in [-0.15, -0.1) is 0 Å². The van der Waals surface area contributed by atoms with Gasteiger partial charge in [-0.1, -0.05) is 0 Å². The fourth-order valence-corrected chi connectivity index (χ4v) is 4.00. The molecule has 1 unspecified atom stereocenters. The summed E-state index contributed by atoms with van der Waals surface area (Å²) in [5, 5.41) is 3.18. The van der Waals surface area contributed by atoms with Crippen LogP contribution in [0.25, 0.3) is 0 Å². The average molecular weight is 407 g/mol. The van der Waals surface area contributed by atoms with Crippen molar-refractivity contribution in [2.75, 3.05) is 35.3 Å². The molecule has 1 N–H and O–H groups in total. The zero-order valence-electron chi connectivity index (χ0n) is 17.0. The zero-order valence-corrected chi connectivity index (χ0v) is 17.0. The van der Waals surface area contributed by atoms with Crippen molar-refractivity contribution in [2.45, 2.75) is 31.7 Å². The standard InChI is InChI=1S/C23H25N3O4/c1-30-23(29)16-5-9-19(10-6-16)26-21(27)15-20(22(26)28)24-17-7-11-18(12-8-17)25-13-3-2-4-14-25/h5-12,20,24H,2-4,13-15H2,1H3. The van der Waals surface area contributed by atoms with Crippen molar-refractivity contribution in [3.8, 4) is 0 Å². The van der Waals surface area contributed by atoms with Crippen LogP contribution in [0.4, 0.5) is 17.1 Å². The van der Waals surface area contributed by atoms with Gasteiger partial charge in [-0.05, 0) is 67.8 Å². The lowest BCUT2D eigenvalue weighted by molar-refractivity contribution is -0.121. The Morgan fingerprint density at radius 2 is 1.57 bits per heavy atom. The van der Waals surface area contributed by atoms with Gasteiger partial charge >= 0.3 is 5.97 Å². The highest BCUT2D eigenvalue weighted by molar-refractivity contribution is 6.23. The van der Waals surface area contributed by atoms with E-state index in [1.54, 1.807) is 24.3 Å². The minimum absolute atomic E-state index is 0.0888. The number of esters is 1. The molecule has 2 aliphatic heterocycles. The van der Waals surface area contributed by atoms with Gasteiger partial charge in [-0.25, -0.2) is 9.69 Å². The summed E-state index contributed by atoms with van der Waals surface area (Å²) in [6.07, 6.45) is 3.81. The molecule has 0 bridgehead atoms. The number of rotatable bonds is 5. The summed E-state index contributed by atoms with van der Waals surface area (Å²) in [5.41, 5.74) is 2.80. The number of ether oxygens (including phenoxy) is 1. The second-order valence-corrected chi connectivity index (χ2v) is 7.60. The maximum atomic E-state index is 12.9. The Morgan fingerprint density at radius 1 is 0.933 bits per heavy atom. The van der Waals surface area contributed by atoms with Gasteiger partial charge in [0.1, 0.15) is 6.04 Å². The van der Waals surface area contributed by atoms with Crippen molar-refractivity contribution in [3.63, 3.8) is 0 Å². The van der Waals surface area contributed by atoms with Crippen molar-refractivity contribution in [2.24, 2.45) is 0 Å². The number of benzene rings is 2. The number of carbonyl (C=O) groups is 3. The number of methoxy groups -OCH3 is 1. The third-order valence-electron chi connectivity index (χ3n) is 5.62. The van der Waals surface area contributed by atoms with Gasteiger partial charge in [-0.3, -0.25) is 9.59 Å². The van der Waals surface area contributed by atoms with Crippen LogP contribution in [0.2, 0.25) is 0 Å². The Hall–Kier alpha value is -3.35. The first kappa shape index (κ1) is 19.9. The van der Waals surface area contributed by atoms with Crippen LogP contribution in [-0.4, -0.2) is 44.0 Å². The Balaban J connectivity index is 1.43. The number of amides is 2. The summed E-state index contributed by atoms with van der Waals surface area (Å²) < 4.78 is 4.67. The lowest BCUT2D eigenvalue weighted by Crippen LogP contribution is -2.34. The molecule has 2 aromatic rings. The second kappa shape index (κ2) is 8.57. The van der Waals surface area contributed by atoms with E-state index in [-0.39, 0.29) is 18.2 Å². The van der Waals surface area contributed by atoms with E-state index in [1.807, 2.05) is 12.1 Å². The second-order valence-electron chi connectivity index (χ2n) is 7.60. The molecular weight excluding hydrogens is 382 g/mol. The van der Waals surface area contributed by atoms with Crippen LogP contribution >= 0.6 is 0 Å². The molecule has 7 nitrogen and oxygen atoms in total. The number of piperidine rings is 1. The molecule has 2 aromatic carbocycles. The third kappa shape index (κ3) is 4.01. The molecule has 2 fully saturated rings.